The number of nitrogens with zero attached hydrogens (tertiary/aromatic N) is 6. The number of hydrogen-bond acceptors (Lipinski definition) is 7. The highest BCUT2D eigenvalue weighted by atomic mass is 35.5. The van der Waals surface area contributed by atoms with E-state index in [1.165, 1.54) is 0 Å². The lowest BCUT2D eigenvalue weighted by Crippen LogP contribution is -2.46. The number of rotatable bonds is 4. The van der Waals surface area contributed by atoms with Crippen molar-refractivity contribution in [1.82, 2.24) is 24.6 Å². The lowest BCUT2D eigenvalue weighted by Gasteiger charge is -2.35. The van der Waals surface area contributed by atoms with Crippen molar-refractivity contribution < 1.29 is 4.42 Å². The largest absolute Gasteiger partial charge is 0.423 e. The fourth-order valence-corrected chi connectivity index (χ4v) is 4.55. The third-order valence-electron chi connectivity index (χ3n) is 5.95. The topological polar surface area (TPSA) is 80.3 Å². The molecule has 0 atom stereocenters. The Labute approximate surface area is 184 Å². The summed E-state index contributed by atoms with van der Waals surface area (Å²) < 4.78 is 7.21. The van der Waals surface area contributed by atoms with E-state index >= 15 is 0 Å². The number of benzene rings is 1. The smallest absolute Gasteiger partial charge is 0.336 e. The molecule has 5 rings (SSSR count). The van der Waals surface area contributed by atoms with Crippen LogP contribution in [0.4, 0.5) is 5.82 Å². The second-order valence-electron chi connectivity index (χ2n) is 7.85. The molecule has 3 aromatic heterocycles. The first-order chi connectivity index (χ1) is 15.0. The van der Waals surface area contributed by atoms with Crippen LogP contribution in [0.3, 0.4) is 0 Å². The molecule has 1 aromatic carbocycles. The van der Waals surface area contributed by atoms with E-state index in [4.69, 9.17) is 16.0 Å². The molecule has 4 heterocycles. The van der Waals surface area contributed by atoms with Crippen LogP contribution in [0.5, 0.6) is 0 Å². The molecule has 8 nitrogen and oxygen atoms in total. The maximum Gasteiger partial charge on any atom is 0.336 e. The van der Waals surface area contributed by atoms with Gasteiger partial charge in [0.25, 0.3) is 0 Å². The molecule has 0 bridgehead atoms. The molecular formula is C22H23ClN6O2. The number of halogens is 1. The molecule has 4 aromatic rings. The predicted octanol–water partition coefficient (Wildman–Crippen LogP) is 3.01. The van der Waals surface area contributed by atoms with Crippen LogP contribution in [0.1, 0.15) is 18.1 Å². The van der Waals surface area contributed by atoms with Crippen LogP contribution in [0, 0.1) is 0 Å². The molecule has 0 amide bonds. The molecule has 160 valence electrons. The number of aryl methyl sites for hydroxylation is 2. The van der Waals surface area contributed by atoms with Gasteiger partial charge in [0.1, 0.15) is 17.7 Å². The van der Waals surface area contributed by atoms with Crippen LogP contribution in [0.15, 0.2) is 39.9 Å². The highest BCUT2D eigenvalue weighted by Gasteiger charge is 2.22. The summed E-state index contributed by atoms with van der Waals surface area (Å²) in [4.78, 5) is 25.6. The van der Waals surface area contributed by atoms with Crippen LogP contribution in [0.25, 0.3) is 22.0 Å². The van der Waals surface area contributed by atoms with Crippen molar-refractivity contribution in [1.29, 1.82) is 0 Å². The Morgan fingerprint density at radius 3 is 2.65 bits per heavy atom. The van der Waals surface area contributed by atoms with Crippen molar-refractivity contribution in [3.63, 3.8) is 0 Å². The van der Waals surface area contributed by atoms with Gasteiger partial charge in [0, 0.05) is 56.2 Å². The zero-order valence-electron chi connectivity index (χ0n) is 17.5. The molecule has 0 radical (unpaired) electrons. The number of hydrogen-bond donors (Lipinski definition) is 0. The van der Waals surface area contributed by atoms with Crippen LogP contribution in [-0.4, -0.2) is 50.8 Å². The fourth-order valence-electron chi connectivity index (χ4n) is 4.25. The van der Waals surface area contributed by atoms with Crippen LogP contribution < -0.4 is 10.5 Å². The number of aromatic nitrogens is 4. The zero-order chi connectivity index (χ0) is 21.5. The van der Waals surface area contributed by atoms with Gasteiger partial charge >= 0.3 is 5.63 Å². The minimum atomic E-state index is -0.328. The van der Waals surface area contributed by atoms with Gasteiger partial charge in [-0.15, -0.1) is 0 Å². The summed E-state index contributed by atoms with van der Waals surface area (Å²) in [5, 5.41) is 6.88. The van der Waals surface area contributed by atoms with Gasteiger partial charge in [-0.3, -0.25) is 9.58 Å². The Bertz CT molecular complexity index is 1320. The lowest BCUT2D eigenvalue weighted by molar-refractivity contribution is 0.250. The molecule has 0 spiro atoms. The molecule has 9 heteroatoms. The Morgan fingerprint density at radius 2 is 1.87 bits per heavy atom. The Morgan fingerprint density at radius 1 is 1.06 bits per heavy atom. The first kappa shape index (κ1) is 20.0. The quantitative estimate of drug-likeness (QED) is 0.453. The number of piperazine rings is 1. The number of fused-ring (bicyclic) bond motifs is 2. The predicted molar refractivity (Wildman–Crippen MR) is 121 cm³/mol. The van der Waals surface area contributed by atoms with Crippen molar-refractivity contribution in [3.05, 3.63) is 57.3 Å². The fraction of sp³-hybridized carbons (Fsp3) is 0.364. The summed E-state index contributed by atoms with van der Waals surface area (Å²) in [6.07, 6.45) is 4.20. The first-order valence-electron chi connectivity index (χ1n) is 10.4. The summed E-state index contributed by atoms with van der Waals surface area (Å²) in [6.45, 7) is 6.08. The minimum absolute atomic E-state index is 0.328. The highest BCUT2D eigenvalue weighted by molar-refractivity contribution is 6.32. The van der Waals surface area contributed by atoms with Gasteiger partial charge in [-0.05, 0) is 29.7 Å². The van der Waals surface area contributed by atoms with E-state index in [1.54, 1.807) is 17.1 Å². The Balaban J connectivity index is 1.36. The molecular weight excluding hydrogens is 416 g/mol. The normalized spacial score (nSPS) is 15.3. The summed E-state index contributed by atoms with van der Waals surface area (Å²) in [7, 11) is 1.88. The average molecular weight is 439 g/mol. The van der Waals surface area contributed by atoms with E-state index in [2.05, 4.69) is 24.9 Å². The maximum absolute atomic E-state index is 12.1. The van der Waals surface area contributed by atoms with E-state index in [9.17, 15) is 4.79 Å². The van der Waals surface area contributed by atoms with E-state index in [0.29, 0.717) is 17.2 Å². The Hall–Kier alpha value is -2.97. The molecule has 1 fully saturated rings. The zero-order valence-corrected chi connectivity index (χ0v) is 18.3. The van der Waals surface area contributed by atoms with Gasteiger partial charge in [0.2, 0.25) is 0 Å². The molecule has 0 unspecified atom stereocenters. The van der Waals surface area contributed by atoms with Crippen LogP contribution >= 0.6 is 11.6 Å². The van der Waals surface area contributed by atoms with E-state index in [-0.39, 0.29) is 5.63 Å². The lowest BCUT2D eigenvalue weighted by atomic mass is 10.1. The van der Waals surface area contributed by atoms with Crippen molar-refractivity contribution in [2.45, 2.75) is 19.9 Å². The van der Waals surface area contributed by atoms with Gasteiger partial charge in [-0.2, -0.15) is 5.10 Å². The summed E-state index contributed by atoms with van der Waals surface area (Å²) >= 11 is 6.44. The first-order valence-corrected chi connectivity index (χ1v) is 10.8. The highest BCUT2D eigenvalue weighted by Crippen LogP contribution is 2.28. The minimum Gasteiger partial charge on any atom is -0.423 e. The molecule has 0 saturated carbocycles. The monoisotopic (exact) mass is 438 g/mol. The summed E-state index contributed by atoms with van der Waals surface area (Å²) in [5.41, 5.74) is 3.03. The van der Waals surface area contributed by atoms with Gasteiger partial charge < -0.3 is 9.32 Å². The maximum atomic E-state index is 12.1. The van der Waals surface area contributed by atoms with Crippen LogP contribution in [0.2, 0.25) is 5.02 Å². The molecule has 31 heavy (non-hydrogen) atoms. The van der Waals surface area contributed by atoms with Crippen molar-refractivity contribution in [2.75, 3.05) is 31.1 Å². The molecule has 1 aliphatic rings. The molecule has 1 saturated heterocycles. The Kier molecular flexibility index (Phi) is 5.11. The molecule has 1 aliphatic heterocycles. The second kappa shape index (κ2) is 7.94. The van der Waals surface area contributed by atoms with Crippen molar-refractivity contribution >= 4 is 39.4 Å². The van der Waals surface area contributed by atoms with Gasteiger partial charge in [-0.1, -0.05) is 18.5 Å². The third-order valence-corrected chi connectivity index (χ3v) is 6.30. The van der Waals surface area contributed by atoms with E-state index in [0.717, 1.165) is 66.0 Å². The van der Waals surface area contributed by atoms with E-state index < -0.39 is 0 Å². The van der Waals surface area contributed by atoms with Crippen molar-refractivity contribution in [2.24, 2.45) is 7.05 Å². The third kappa shape index (κ3) is 3.66. The number of anilines is 1. The van der Waals surface area contributed by atoms with Gasteiger partial charge in [0.15, 0.2) is 5.65 Å². The summed E-state index contributed by atoms with van der Waals surface area (Å²) in [5.74, 6) is 0.919. The van der Waals surface area contributed by atoms with Gasteiger partial charge in [0.05, 0.1) is 11.6 Å². The van der Waals surface area contributed by atoms with Crippen LogP contribution in [-0.2, 0) is 20.0 Å². The van der Waals surface area contributed by atoms with Crippen molar-refractivity contribution in [3.8, 4) is 0 Å². The average Bonchev–Trinajstić information content (AvgIpc) is 3.15. The summed E-state index contributed by atoms with van der Waals surface area (Å²) in [6, 6.07) is 5.39. The van der Waals surface area contributed by atoms with Gasteiger partial charge in [-0.25, -0.2) is 14.8 Å². The standard InChI is InChI=1S/C22H23ClN6O2/c1-3-14-8-19-16(10-18(14)23)15(9-20(30)31-19)12-28-4-6-29(7-5-28)22-17-11-26-27(2)21(17)24-13-25-22/h8-11,13H,3-7,12H2,1-2H3. The molecule has 0 N–H and O–H groups in total. The second-order valence-corrected chi connectivity index (χ2v) is 8.26. The SMILES string of the molecule is CCc1cc2oc(=O)cc(CN3CCN(c4ncnc5c4cnn5C)CC3)c2cc1Cl. The molecule has 0 aliphatic carbocycles. The van der Waals surface area contributed by atoms with E-state index in [1.807, 2.05) is 32.3 Å².